The molecule has 0 bridgehead atoms. The minimum Gasteiger partial charge on any atom is -0.313 e. The van der Waals surface area contributed by atoms with Gasteiger partial charge in [-0.15, -0.1) is 0 Å². The van der Waals surface area contributed by atoms with Crippen molar-refractivity contribution in [3.05, 3.63) is 0 Å². The third kappa shape index (κ3) is 3.96. The Balaban J connectivity index is 1.96. The van der Waals surface area contributed by atoms with Gasteiger partial charge >= 0.3 is 0 Å². The molecule has 0 amide bonds. The highest BCUT2D eigenvalue weighted by atomic mass is 15.2. The molecule has 2 rings (SSSR count). The lowest BCUT2D eigenvalue weighted by Crippen LogP contribution is -2.48. The lowest BCUT2D eigenvalue weighted by molar-refractivity contribution is 0.0996. The van der Waals surface area contributed by atoms with Crippen LogP contribution < -0.4 is 5.32 Å². The molecule has 2 nitrogen and oxygen atoms in total. The Morgan fingerprint density at radius 3 is 2.11 bits per heavy atom. The Kier molecular flexibility index (Phi) is 5.08. The topological polar surface area (TPSA) is 15.3 Å². The zero-order valence-electron chi connectivity index (χ0n) is 12.8. The SMILES string of the molecule is CC(C)C(C(C)C)N(CC1CC1)CC1CCCN1. The lowest BCUT2D eigenvalue weighted by atomic mass is 9.91. The van der Waals surface area contributed by atoms with Crippen molar-refractivity contribution in [1.82, 2.24) is 10.2 Å². The van der Waals surface area contributed by atoms with Crippen LogP contribution in [0.2, 0.25) is 0 Å². The first-order valence-electron chi connectivity index (χ1n) is 8.05. The Labute approximate surface area is 114 Å². The fourth-order valence-electron chi connectivity index (χ4n) is 3.76. The van der Waals surface area contributed by atoms with E-state index in [9.17, 15) is 0 Å². The zero-order valence-corrected chi connectivity index (χ0v) is 12.8. The van der Waals surface area contributed by atoms with E-state index < -0.39 is 0 Å². The normalized spacial score (nSPS) is 25.0. The third-order valence-corrected chi connectivity index (χ3v) is 4.59. The van der Waals surface area contributed by atoms with Crippen molar-refractivity contribution in [2.24, 2.45) is 17.8 Å². The highest BCUT2D eigenvalue weighted by Crippen LogP contribution is 2.32. The summed E-state index contributed by atoms with van der Waals surface area (Å²) in [7, 11) is 0. The van der Waals surface area contributed by atoms with Gasteiger partial charge in [0.25, 0.3) is 0 Å². The van der Waals surface area contributed by atoms with E-state index >= 15 is 0 Å². The summed E-state index contributed by atoms with van der Waals surface area (Å²) < 4.78 is 0. The molecule has 1 saturated carbocycles. The molecular weight excluding hydrogens is 220 g/mol. The Morgan fingerprint density at radius 2 is 1.67 bits per heavy atom. The van der Waals surface area contributed by atoms with Gasteiger partial charge in [0.1, 0.15) is 0 Å². The summed E-state index contributed by atoms with van der Waals surface area (Å²) in [5.74, 6) is 2.54. The van der Waals surface area contributed by atoms with Crippen LogP contribution in [0.15, 0.2) is 0 Å². The fourth-order valence-corrected chi connectivity index (χ4v) is 3.76. The van der Waals surface area contributed by atoms with E-state index in [0.717, 1.165) is 29.8 Å². The predicted molar refractivity (Wildman–Crippen MR) is 78.8 cm³/mol. The van der Waals surface area contributed by atoms with E-state index in [-0.39, 0.29) is 0 Å². The molecule has 1 aliphatic heterocycles. The van der Waals surface area contributed by atoms with Crippen LogP contribution >= 0.6 is 0 Å². The molecule has 1 unspecified atom stereocenters. The molecule has 1 heterocycles. The summed E-state index contributed by atoms with van der Waals surface area (Å²) in [4.78, 5) is 2.82. The maximum Gasteiger partial charge on any atom is 0.0195 e. The molecule has 1 N–H and O–H groups in total. The van der Waals surface area contributed by atoms with Gasteiger partial charge in [-0.25, -0.2) is 0 Å². The summed E-state index contributed by atoms with van der Waals surface area (Å²) in [5.41, 5.74) is 0. The molecule has 2 aliphatic rings. The molecule has 0 spiro atoms. The van der Waals surface area contributed by atoms with Gasteiger partial charge in [0.05, 0.1) is 0 Å². The van der Waals surface area contributed by atoms with Gasteiger partial charge in [-0.05, 0) is 50.0 Å². The van der Waals surface area contributed by atoms with E-state index in [4.69, 9.17) is 0 Å². The zero-order chi connectivity index (χ0) is 13.1. The van der Waals surface area contributed by atoms with E-state index in [1.807, 2.05) is 0 Å². The second-order valence-corrected chi connectivity index (χ2v) is 7.17. The number of hydrogen-bond acceptors (Lipinski definition) is 2. The molecule has 1 saturated heterocycles. The third-order valence-electron chi connectivity index (χ3n) is 4.59. The average molecular weight is 252 g/mol. The Hall–Kier alpha value is -0.0800. The molecule has 0 aromatic rings. The Bertz CT molecular complexity index is 231. The molecular formula is C16H32N2. The van der Waals surface area contributed by atoms with Gasteiger partial charge in [-0.3, -0.25) is 4.90 Å². The van der Waals surface area contributed by atoms with Crippen LogP contribution in [0, 0.1) is 17.8 Å². The van der Waals surface area contributed by atoms with Gasteiger partial charge in [0, 0.05) is 25.2 Å². The number of rotatable bonds is 7. The van der Waals surface area contributed by atoms with E-state index in [0.29, 0.717) is 0 Å². The van der Waals surface area contributed by atoms with Gasteiger partial charge < -0.3 is 5.32 Å². The van der Waals surface area contributed by atoms with E-state index in [1.54, 1.807) is 0 Å². The summed E-state index contributed by atoms with van der Waals surface area (Å²) in [6.45, 7) is 13.4. The fraction of sp³-hybridized carbons (Fsp3) is 1.00. The van der Waals surface area contributed by atoms with E-state index in [2.05, 4.69) is 37.9 Å². The van der Waals surface area contributed by atoms with Crippen molar-refractivity contribution in [3.63, 3.8) is 0 Å². The standard InChI is InChI=1S/C16H32N2/c1-12(2)16(13(3)4)18(10-14-7-8-14)11-15-6-5-9-17-15/h12-17H,5-11H2,1-4H3. The molecule has 106 valence electrons. The summed E-state index contributed by atoms with van der Waals surface area (Å²) in [6.07, 6.45) is 5.69. The highest BCUT2D eigenvalue weighted by molar-refractivity contribution is 4.88. The molecule has 18 heavy (non-hydrogen) atoms. The van der Waals surface area contributed by atoms with Gasteiger partial charge in [0.15, 0.2) is 0 Å². The molecule has 2 heteroatoms. The molecule has 0 aromatic carbocycles. The first-order chi connectivity index (χ1) is 8.58. The summed E-state index contributed by atoms with van der Waals surface area (Å²) in [6, 6.07) is 1.51. The summed E-state index contributed by atoms with van der Waals surface area (Å²) in [5, 5.41) is 3.67. The van der Waals surface area contributed by atoms with Crippen molar-refractivity contribution in [2.45, 2.75) is 65.5 Å². The number of hydrogen-bond donors (Lipinski definition) is 1. The lowest BCUT2D eigenvalue weighted by Gasteiger charge is -2.39. The maximum atomic E-state index is 3.67. The van der Waals surface area contributed by atoms with Crippen LogP contribution in [-0.2, 0) is 0 Å². The molecule has 0 radical (unpaired) electrons. The van der Waals surface area contributed by atoms with Crippen molar-refractivity contribution in [2.75, 3.05) is 19.6 Å². The van der Waals surface area contributed by atoms with Crippen LogP contribution in [0.5, 0.6) is 0 Å². The van der Waals surface area contributed by atoms with Crippen molar-refractivity contribution < 1.29 is 0 Å². The smallest absolute Gasteiger partial charge is 0.0195 e. The largest absolute Gasteiger partial charge is 0.313 e. The van der Waals surface area contributed by atoms with Crippen molar-refractivity contribution in [3.8, 4) is 0 Å². The maximum absolute atomic E-state index is 3.67. The van der Waals surface area contributed by atoms with Gasteiger partial charge in [-0.2, -0.15) is 0 Å². The van der Waals surface area contributed by atoms with E-state index in [1.165, 1.54) is 45.3 Å². The molecule has 1 atom stereocenters. The second-order valence-electron chi connectivity index (χ2n) is 7.17. The number of nitrogens with zero attached hydrogens (tertiary/aromatic N) is 1. The van der Waals surface area contributed by atoms with Crippen LogP contribution in [0.25, 0.3) is 0 Å². The van der Waals surface area contributed by atoms with Crippen LogP contribution in [0.4, 0.5) is 0 Å². The van der Waals surface area contributed by atoms with Crippen LogP contribution in [0.1, 0.15) is 53.4 Å². The average Bonchev–Trinajstić information content (AvgIpc) is 2.92. The number of nitrogens with one attached hydrogen (secondary N) is 1. The predicted octanol–water partition coefficient (Wildman–Crippen LogP) is 3.13. The van der Waals surface area contributed by atoms with Crippen molar-refractivity contribution >= 4 is 0 Å². The molecule has 2 fully saturated rings. The van der Waals surface area contributed by atoms with Gasteiger partial charge in [0.2, 0.25) is 0 Å². The first-order valence-corrected chi connectivity index (χ1v) is 8.05. The first kappa shape index (κ1) is 14.3. The quantitative estimate of drug-likeness (QED) is 0.749. The van der Waals surface area contributed by atoms with Crippen LogP contribution in [0.3, 0.4) is 0 Å². The Morgan fingerprint density at radius 1 is 1.00 bits per heavy atom. The molecule has 0 aromatic heterocycles. The monoisotopic (exact) mass is 252 g/mol. The van der Waals surface area contributed by atoms with Crippen molar-refractivity contribution in [1.29, 1.82) is 0 Å². The van der Waals surface area contributed by atoms with Gasteiger partial charge in [-0.1, -0.05) is 27.7 Å². The minimum absolute atomic E-state index is 0.753. The molecule has 1 aliphatic carbocycles. The minimum atomic E-state index is 0.753. The second kappa shape index (κ2) is 6.38. The van der Waals surface area contributed by atoms with Crippen LogP contribution in [-0.4, -0.2) is 36.6 Å². The highest BCUT2D eigenvalue weighted by Gasteiger charge is 2.32. The summed E-state index contributed by atoms with van der Waals surface area (Å²) >= 11 is 0.